The van der Waals surface area contributed by atoms with Crippen LogP contribution in [0, 0.1) is 11.8 Å². The number of hydrogen-bond acceptors (Lipinski definition) is 7. The van der Waals surface area contributed by atoms with Crippen molar-refractivity contribution in [3.8, 4) is 0 Å². The van der Waals surface area contributed by atoms with E-state index >= 15 is 0 Å². The number of rotatable bonds is 6. The average molecular weight is 485 g/mol. The Morgan fingerprint density at radius 2 is 1.21 bits per heavy atom. The number of carbonyl (C=O) groups excluding carboxylic acids is 1. The number of carbonyl (C=O) groups is 1. The normalized spacial score (nSPS) is 35.1. The van der Waals surface area contributed by atoms with Crippen molar-refractivity contribution in [2.75, 3.05) is 20.3 Å². The largest absolute Gasteiger partial charge is 0.469 e. The molecule has 2 saturated carbocycles. The maximum Gasteiger partial charge on any atom is 0.308 e. The first-order valence-corrected chi connectivity index (χ1v) is 13.7. The molecule has 7 nitrogen and oxygen atoms in total. The fourth-order valence-electron chi connectivity index (χ4n) is 5.57. The summed E-state index contributed by atoms with van der Waals surface area (Å²) in [5.74, 6) is 0.430. The summed E-state index contributed by atoms with van der Waals surface area (Å²) >= 11 is 0. The fourth-order valence-corrected chi connectivity index (χ4v) is 5.57. The topological polar surface area (TPSA) is 83.5 Å². The molecule has 2 atom stereocenters. The van der Waals surface area contributed by atoms with Gasteiger partial charge in [0.05, 0.1) is 30.8 Å². The van der Waals surface area contributed by atoms with Crippen LogP contribution in [0.5, 0.6) is 0 Å². The molecule has 7 heteroatoms. The Morgan fingerprint density at radius 1 is 0.735 bits per heavy atom. The zero-order valence-corrected chi connectivity index (χ0v) is 21.7. The van der Waals surface area contributed by atoms with Crippen molar-refractivity contribution < 1.29 is 33.6 Å². The summed E-state index contributed by atoms with van der Waals surface area (Å²) in [6.07, 6.45) is 15.3. The van der Waals surface area contributed by atoms with Crippen LogP contribution >= 0.6 is 0 Å². The maximum absolute atomic E-state index is 11.4. The van der Waals surface area contributed by atoms with E-state index in [-0.39, 0.29) is 30.6 Å². The second kappa shape index (κ2) is 14.1. The van der Waals surface area contributed by atoms with Crippen molar-refractivity contribution >= 4 is 5.97 Å². The minimum atomic E-state index is -0.535. The molecule has 0 radical (unpaired) electrons. The minimum absolute atomic E-state index is 0.0107. The van der Waals surface area contributed by atoms with E-state index in [0.29, 0.717) is 12.0 Å². The molecule has 0 aromatic rings. The van der Waals surface area contributed by atoms with Crippen LogP contribution in [-0.4, -0.2) is 61.8 Å². The summed E-state index contributed by atoms with van der Waals surface area (Å²) in [7, 11) is 1.46. The highest BCUT2D eigenvalue weighted by Crippen LogP contribution is 2.34. The lowest BCUT2D eigenvalue weighted by molar-refractivity contribution is -0.197. The zero-order chi connectivity index (χ0) is 24.4. The Kier molecular flexibility index (Phi) is 11.6. The Morgan fingerprint density at radius 3 is 1.59 bits per heavy atom. The minimum Gasteiger partial charge on any atom is -0.469 e. The highest BCUT2D eigenvalue weighted by Gasteiger charge is 2.33. The first kappa shape index (κ1) is 27.9. The smallest absolute Gasteiger partial charge is 0.308 e. The summed E-state index contributed by atoms with van der Waals surface area (Å²) in [6.45, 7) is 5.51. The lowest BCUT2D eigenvalue weighted by Crippen LogP contribution is -2.37. The van der Waals surface area contributed by atoms with Gasteiger partial charge in [0.1, 0.15) is 0 Å². The van der Waals surface area contributed by atoms with Crippen molar-refractivity contribution in [1.29, 1.82) is 0 Å². The van der Waals surface area contributed by atoms with Crippen LogP contribution in [-0.2, 0) is 28.5 Å². The molecule has 0 spiro atoms. The standard InChI is InChI=1S/C14H26O3.C13H22O4/c1-14(2,15)11-6-8-12(9-7-11)17-13-5-3-4-10-16-13;1-15-13(14)10-5-7-11(8-6-10)17-12-4-2-3-9-16-12/h11-13,15H,3-10H2,1-2H3;10-12H,2-9H2,1H3. The third kappa shape index (κ3) is 9.38. The molecule has 4 fully saturated rings. The van der Waals surface area contributed by atoms with Crippen LogP contribution in [0.1, 0.15) is 104 Å². The van der Waals surface area contributed by atoms with Crippen LogP contribution in [0.2, 0.25) is 0 Å². The number of hydrogen-bond donors (Lipinski definition) is 1. The molecule has 0 aromatic carbocycles. The molecule has 2 aliphatic heterocycles. The summed E-state index contributed by atoms with van der Waals surface area (Å²) in [6, 6.07) is 0. The molecule has 0 amide bonds. The van der Waals surface area contributed by atoms with Gasteiger partial charge < -0.3 is 28.8 Å². The number of aliphatic hydroxyl groups is 1. The molecule has 4 aliphatic rings. The quantitative estimate of drug-likeness (QED) is 0.524. The van der Waals surface area contributed by atoms with Crippen molar-refractivity contribution in [3.05, 3.63) is 0 Å². The van der Waals surface area contributed by atoms with Crippen molar-refractivity contribution in [1.82, 2.24) is 0 Å². The maximum atomic E-state index is 11.4. The highest BCUT2D eigenvalue weighted by atomic mass is 16.7. The van der Waals surface area contributed by atoms with Crippen LogP contribution in [0.25, 0.3) is 0 Å². The van der Waals surface area contributed by atoms with E-state index in [2.05, 4.69) is 0 Å². The van der Waals surface area contributed by atoms with E-state index in [1.54, 1.807) is 0 Å². The van der Waals surface area contributed by atoms with Gasteiger partial charge in [-0.05, 0) is 110 Å². The van der Waals surface area contributed by atoms with Gasteiger partial charge in [-0.3, -0.25) is 4.79 Å². The Balaban J connectivity index is 0.000000191. The molecule has 34 heavy (non-hydrogen) atoms. The van der Waals surface area contributed by atoms with Gasteiger partial charge in [-0.1, -0.05) is 0 Å². The van der Waals surface area contributed by atoms with E-state index in [1.165, 1.54) is 26.4 Å². The predicted molar refractivity (Wildman–Crippen MR) is 129 cm³/mol. The molecular formula is C27H48O7. The van der Waals surface area contributed by atoms with Crippen LogP contribution in [0.3, 0.4) is 0 Å². The van der Waals surface area contributed by atoms with Gasteiger partial charge in [0, 0.05) is 13.2 Å². The van der Waals surface area contributed by atoms with Crippen LogP contribution < -0.4 is 0 Å². The highest BCUT2D eigenvalue weighted by molar-refractivity contribution is 5.72. The summed E-state index contributed by atoms with van der Waals surface area (Å²) in [5, 5.41) is 9.98. The monoisotopic (exact) mass is 484 g/mol. The molecule has 0 bridgehead atoms. The average Bonchev–Trinajstić information content (AvgIpc) is 2.85. The Bertz CT molecular complexity index is 562. The Hall–Kier alpha value is -0.730. The van der Waals surface area contributed by atoms with Gasteiger partial charge >= 0.3 is 5.97 Å². The predicted octanol–water partition coefficient (Wildman–Crippen LogP) is 5.12. The van der Waals surface area contributed by atoms with Gasteiger partial charge in [-0.25, -0.2) is 0 Å². The summed E-state index contributed by atoms with van der Waals surface area (Å²) < 4.78 is 27.8. The van der Waals surface area contributed by atoms with E-state index in [9.17, 15) is 9.90 Å². The van der Waals surface area contributed by atoms with Crippen molar-refractivity contribution in [3.63, 3.8) is 0 Å². The molecular weight excluding hydrogens is 436 g/mol. The summed E-state index contributed by atoms with van der Waals surface area (Å²) in [4.78, 5) is 11.4. The van der Waals surface area contributed by atoms with Crippen molar-refractivity contribution in [2.24, 2.45) is 11.8 Å². The second-order valence-corrected chi connectivity index (χ2v) is 11.0. The lowest BCUT2D eigenvalue weighted by atomic mass is 9.78. The number of esters is 1. The molecule has 0 aromatic heterocycles. The molecule has 1 N–H and O–H groups in total. The van der Waals surface area contributed by atoms with E-state index in [4.69, 9.17) is 23.7 Å². The molecule has 2 heterocycles. The molecule has 2 saturated heterocycles. The van der Waals surface area contributed by atoms with Crippen molar-refractivity contribution in [2.45, 2.75) is 134 Å². The third-order valence-corrected chi connectivity index (χ3v) is 7.85. The van der Waals surface area contributed by atoms with E-state index < -0.39 is 5.60 Å². The second-order valence-electron chi connectivity index (χ2n) is 11.0. The van der Waals surface area contributed by atoms with Gasteiger partial charge in [-0.2, -0.15) is 0 Å². The van der Waals surface area contributed by atoms with E-state index in [0.717, 1.165) is 83.8 Å². The molecule has 2 aliphatic carbocycles. The SMILES string of the molecule is CC(C)(O)C1CCC(OC2CCCCO2)CC1.COC(=O)C1CCC(OC2CCCCO2)CC1. The van der Waals surface area contributed by atoms with Gasteiger partial charge in [0.15, 0.2) is 12.6 Å². The van der Waals surface area contributed by atoms with Crippen LogP contribution in [0.15, 0.2) is 0 Å². The number of methoxy groups -OCH3 is 1. The van der Waals surface area contributed by atoms with Gasteiger partial charge in [-0.15, -0.1) is 0 Å². The summed E-state index contributed by atoms with van der Waals surface area (Å²) in [5.41, 5.74) is -0.535. The van der Waals surface area contributed by atoms with Crippen LogP contribution in [0.4, 0.5) is 0 Å². The zero-order valence-electron chi connectivity index (χ0n) is 21.7. The van der Waals surface area contributed by atoms with Gasteiger partial charge in [0.2, 0.25) is 0 Å². The Labute approximate surface area is 206 Å². The lowest BCUT2D eigenvalue weighted by Gasteiger charge is -2.37. The molecule has 198 valence electrons. The molecule has 4 rings (SSSR count). The first-order chi connectivity index (χ1) is 16.3. The fraction of sp³-hybridized carbons (Fsp3) is 0.963. The third-order valence-electron chi connectivity index (χ3n) is 7.85. The number of ether oxygens (including phenoxy) is 5. The first-order valence-electron chi connectivity index (χ1n) is 13.7. The van der Waals surface area contributed by atoms with Gasteiger partial charge in [0.25, 0.3) is 0 Å². The molecule has 2 unspecified atom stereocenters. The van der Waals surface area contributed by atoms with E-state index in [1.807, 2.05) is 13.8 Å².